The van der Waals surface area contributed by atoms with Crippen LogP contribution in [0.2, 0.25) is 0 Å². The number of benzene rings is 1. The molecule has 1 aromatic carbocycles. The number of nitrogens with one attached hydrogen (secondary N) is 3. The van der Waals surface area contributed by atoms with Gasteiger partial charge in [0.2, 0.25) is 5.91 Å². The Morgan fingerprint density at radius 1 is 1.03 bits per heavy atom. The second-order valence-electron chi connectivity index (χ2n) is 8.10. The first-order valence-electron chi connectivity index (χ1n) is 10.1. The van der Waals surface area contributed by atoms with Gasteiger partial charge in [-0.25, -0.2) is 4.98 Å². The van der Waals surface area contributed by atoms with Crippen LogP contribution < -0.4 is 16.2 Å². The van der Waals surface area contributed by atoms with E-state index in [1.54, 1.807) is 0 Å². The van der Waals surface area contributed by atoms with Gasteiger partial charge >= 0.3 is 0 Å². The number of carbonyl (C=O) groups is 2. The van der Waals surface area contributed by atoms with Gasteiger partial charge in [-0.05, 0) is 36.3 Å². The van der Waals surface area contributed by atoms with Gasteiger partial charge in [0.15, 0.2) is 0 Å². The van der Waals surface area contributed by atoms with Crippen LogP contribution in [0.1, 0.15) is 55.6 Å². The summed E-state index contributed by atoms with van der Waals surface area (Å²) < 4.78 is 0. The van der Waals surface area contributed by atoms with Crippen molar-refractivity contribution in [2.45, 2.75) is 53.5 Å². The molecular weight excluding hydrogens is 384 g/mol. The lowest BCUT2D eigenvalue weighted by molar-refractivity contribution is -0.128. The van der Waals surface area contributed by atoms with Gasteiger partial charge in [-0.3, -0.25) is 20.4 Å². The number of nitrogens with zero attached hydrogens (tertiary/aromatic N) is 1. The smallest absolute Gasteiger partial charge is 0.252 e. The first kappa shape index (κ1) is 23.0. The molecule has 1 atom stereocenters. The second kappa shape index (κ2) is 11.1. The van der Waals surface area contributed by atoms with Crippen LogP contribution in [0.4, 0.5) is 0 Å². The molecule has 0 aliphatic rings. The van der Waals surface area contributed by atoms with Crippen molar-refractivity contribution in [3.63, 3.8) is 0 Å². The number of hydrogen-bond donors (Lipinski definition) is 3. The van der Waals surface area contributed by atoms with Crippen LogP contribution in [0.25, 0.3) is 0 Å². The van der Waals surface area contributed by atoms with E-state index in [1.807, 2.05) is 12.3 Å². The van der Waals surface area contributed by atoms with Crippen molar-refractivity contribution in [1.29, 1.82) is 0 Å². The Balaban J connectivity index is 1.81. The summed E-state index contributed by atoms with van der Waals surface area (Å²) in [4.78, 5) is 28.3. The molecule has 0 unspecified atom stereocenters. The zero-order valence-electron chi connectivity index (χ0n) is 17.9. The van der Waals surface area contributed by atoms with E-state index in [1.165, 1.54) is 16.9 Å². The molecule has 0 bridgehead atoms. The number of aromatic nitrogens is 1. The van der Waals surface area contributed by atoms with Gasteiger partial charge in [-0.1, -0.05) is 52.0 Å². The molecule has 0 saturated heterocycles. The summed E-state index contributed by atoms with van der Waals surface area (Å²) in [5.41, 5.74) is 8.28. The number of carbonyl (C=O) groups excluding carboxylic acids is 2. The minimum absolute atomic E-state index is 0.0582. The fraction of sp³-hybridized carbons (Fsp3) is 0.500. The molecule has 2 amide bonds. The maximum atomic E-state index is 12.1. The highest BCUT2D eigenvalue weighted by Gasteiger charge is 2.17. The third-order valence-corrected chi connectivity index (χ3v) is 5.42. The van der Waals surface area contributed by atoms with Gasteiger partial charge in [0.25, 0.3) is 5.91 Å². The van der Waals surface area contributed by atoms with Crippen LogP contribution in [0.15, 0.2) is 29.6 Å². The van der Waals surface area contributed by atoms with E-state index in [2.05, 4.69) is 73.1 Å². The highest BCUT2D eigenvalue weighted by Crippen LogP contribution is 2.22. The highest BCUT2D eigenvalue weighted by molar-refractivity contribution is 7.09. The SMILES string of the molecule is Cc1csc(CC(=O)NNC(=O)CN[C@@H](c2ccc(CC(C)C)cc2)C(C)C)n1. The lowest BCUT2D eigenvalue weighted by Gasteiger charge is -2.23. The monoisotopic (exact) mass is 416 g/mol. The highest BCUT2D eigenvalue weighted by atomic mass is 32.1. The lowest BCUT2D eigenvalue weighted by Crippen LogP contribution is -2.46. The van der Waals surface area contributed by atoms with E-state index in [-0.39, 0.29) is 30.8 Å². The molecule has 0 saturated carbocycles. The molecule has 0 aliphatic carbocycles. The fourth-order valence-corrected chi connectivity index (χ4v) is 3.89. The second-order valence-corrected chi connectivity index (χ2v) is 9.04. The van der Waals surface area contributed by atoms with Crippen LogP contribution in [0.5, 0.6) is 0 Å². The largest absolute Gasteiger partial charge is 0.301 e. The molecule has 6 nitrogen and oxygen atoms in total. The number of amides is 2. The third-order valence-electron chi connectivity index (χ3n) is 4.45. The van der Waals surface area contributed by atoms with Crippen LogP contribution in [0.3, 0.4) is 0 Å². The van der Waals surface area contributed by atoms with E-state index in [9.17, 15) is 9.59 Å². The molecule has 29 heavy (non-hydrogen) atoms. The van der Waals surface area contributed by atoms with Gasteiger partial charge in [0.1, 0.15) is 5.01 Å². The molecule has 7 heteroatoms. The van der Waals surface area contributed by atoms with Crippen molar-refractivity contribution >= 4 is 23.2 Å². The van der Waals surface area contributed by atoms with Gasteiger partial charge in [0, 0.05) is 17.1 Å². The molecule has 0 radical (unpaired) electrons. The van der Waals surface area contributed by atoms with Crippen LogP contribution in [-0.2, 0) is 22.4 Å². The summed E-state index contributed by atoms with van der Waals surface area (Å²) >= 11 is 1.43. The summed E-state index contributed by atoms with van der Waals surface area (Å²) in [5, 5.41) is 5.92. The van der Waals surface area contributed by atoms with Gasteiger partial charge < -0.3 is 5.32 Å². The summed E-state index contributed by atoms with van der Waals surface area (Å²) in [6, 6.07) is 8.64. The molecule has 2 aromatic rings. The standard InChI is InChI=1S/C22H32N4O2S/c1-14(2)10-17-6-8-18(9-7-17)22(15(3)4)23-12-20(28)26-25-19(27)11-21-24-16(5)13-29-21/h6-9,13-15,22-23H,10-12H2,1-5H3,(H,25,27)(H,26,28)/t22-/m1/s1. The van der Waals surface area contributed by atoms with Crippen LogP contribution >= 0.6 is 11.3 Å². The molecular formula is C22H32N4O2S. The number of hydrazine groups is 1. The number of rotatable bonds is 9. The first-order valence-corrected chi connectivity index (χ1v) is 10.9. The number of hydrogen-bond acceptors (Lipinski definition) is 5. The number of aryl methyl sites for hydroxylation is 1. The average Bonchev–Trinajstić information content (AvgIpc) is 3.05. The maximum Gasteiger partial charge on any atom is 0.252 e. The molecule has 2 rings (SSSR count). The minimum Gasteiger partial charge on any atom is -0.301 e. The Hall–Kier alpha value is -2.25. The zero-order chi connectivity index (χ0) is 21.4. The Labute approximate surface area is 177 Å². The molecule has 0 spiro atoms. The molecule has 0 aliphatic heterocycles. The quantitative estimate of drug-likeness (QED) is 0.548. The van der Waals surface area contributed by atoms with Gasteiger partial charge in [-0.2, -0.15) is 0 Å². The Bertz CT molecular complexity index is 799. The van der Waals surface area contributed by atoms with Crippen molar-refractivity contribution in [3.8, 4) is 0 Å². The third kappa shape index (κ3) is 7.95. The normalized spacial score (nSPS) is 12.2. The molecule has 1 aromatic heterocycles. The minimum atomic E-state index is -0.283. The van der Waals surface area contributed by atoms with Crippen LogP contribution in [0, 0.1) is 18.8 Å². The van der Waals surface area contributed by atoms with E-state index < -0.39 is 0 Å². The zero-order valence-corrected chi connectivity index (χ0v) is 18.7. The predicted octanol–water partition coefficient (Wildman–Crippen LogP) is 3.33. The van der Waals surface area contributed by atoms with Gasteiger partial charge in [-0.15, -0.1) is 11.3 Å². The van der Waals surface area contributed by atoms with E-state index in [0.29, 0.717) is 11.8 Å². The van der Waals surface area contributed by atoms with Crippen molar-refractivity contribution in [1.82, 2.24) is 21.2 Å². The number of thiazole rings is 1. The molecule has 1 heterocycles. The molecule has 3 N–H and O–H groups in total. The fourth-order valence-electron chi connectivity index (χ4n) is 3.12. The summed E-state index contributed by atoms with van der Waals surface area (Å²) in [6.45, 7) is 10.7. The van der Waals surface area contributed by atoms with Crippen molar-refractivity contribution in [3.05, 3.63) is 51.5 Å². The topological polar surface area (TPSA) is 83.1 Å². The van der Waals surface area contributed by atoms with E-state index >= 15 is 0 Å². The maximum absolute atomic E-state index is 12.1. The van der Waals surface area contributed by atoms with Crippen molar-refractivity contribution in [2.75, 3.05) is 6.54 Å². The Kier molecular flexibility index (Phi) is 8.79. The van der Waals surface area contributed by atoms with Crippen LogP contribution in [-0.4, -0.2) is 23.3 Å². The Morgan fingerprint density at radius 3 is 2.24 bits per heavy atom. The van der Waals surface area contributed by atoms with E-state index in [4.69, 9.17) is 0 Å². The average molecular weight is 417 g/mol. The van der Waals surface area contributed by atoms with Crippen molar-refractivity contribution < 1.29 is 9.59 Å². The van der Waals surface area contributed by atoms with Gasteiger partial charge in [0.05, 0.1) is 13.0 Å². The first-order chi connectivity index (χ1) is 13.7. The lowest BCUT2D eigenvalue weighted by atomic mass is 9.94. The Morgan fingerprint density at radius 2 is 1.69 bits per heavy atom. The van der Waals surface area contributed by atoms with Crippen molar-refractivity contribution in [2.24, 2.45) is 11.8 Å². The van der Waals surface area contributed by atoms with E-state index in [0.717, 1.165) is 22.7 Å². The predicted molar refractivity (Wildman–Crippen MR) is 117 cm³/mol. The molecule has 158 valence electrons. The molecule has 0 fully saturated rings. The summed E-state index contributed by atoms with van der Waals surface area (Å²) in [6.07, 6.45) is 1.21. The summed E-state index contributed by atoms with van der Waals surface area (Å²) in [5.74, 6) is 0.379. The summed E-state index contributed by atoms with van der Waals surface area (Å²) in [7, 11) is 0.